The molecule has 2 aromatic rings. The van der Waals surface area contributed by atoms with Crippen molar-refractivity contribution in [3.05, 3.63) is 50.4 Å². The molecule has 0 spiro atoms. The van der Waals surface area contributed by atoms with Gasteiger partial charge in [0.25, 0.3) is 5.91 Å². The quantitative estimate of drug-likeness (QED) is 0.898. The Morgan fingerprint density at radius 2 is 2.30 bits per heavy atom. The highest BCUT2D eigenvalue weighted by Gasteiger charge is 2.15. The zero-order chi connectivity index (χ0) is 14.5. The molecule has 0 aliphatic heterocycles. The highest BCUT2D eigenvalue weighted by molar-refractivity contribution is 9.10. The molecule has 106 valence electrons. The van der Waals surface area contributed by atoms with Gasteiger partial charge in [-0.25, -0.2) is 4.98 Å². The summed E-state index contributed by atoms with van der Waals surface area (Å²) in [5.74, 6) is -0.0653. The molecule has 0 fully saturated rings. The Balaban J connectivity index is 2.04. The van der Waals surface area contributed by atoms with Crippen molar-refractivity contribution >= 4 is 33.2 Å². The first kappa shape index (κ1) is 15.2. The van der Waals surface area contributed by atoms with Crippen LogP contribution in [0.2, 0.25) is 0 Å². The van der Waals surface area contributed by atoms with Crippen LogP contribution in [0.3, 0.4) is 0 Å². The summed E-state index contributed by atoms with van der Waals surface area (Å²) in [5.41, 5.74) is 7.06. The Labute approximate surface area is 130 Å². The average Bonchev–Trinajstić information content (AvgIpc) is 2.87. The molecule has 1 aromatic carbocycles. The van der Waals surface area contributed by atoms with Crippen molar-refractivity contribution in [3.8, 4) is 0 Å². The van der Waals surface area contributed by atoms with E-state index in [2.05, 4.69) is 20.9 Å². The molecule has 0 aliphatic carbocycles. The lowest BCUT2D eigenvalue weighted by Crippen LogP contribution is -2.26. The maximum absolute atomic E-state index is 12.3. The summed E-state index contributed by atoms with van der Waals surface area (Å²) < 4.78 is 1.01. The molecule has 0 aliphatic rings. The van der Waals surface area contributed by atoms with Crippen LogP contribution in [0.15, 0.2) is 34.1 Å². The fraction of sp³-hybridized carbons (Fsp3) is 0.286. The first-order valence-corrected chi connectivity index (χ1v) is 7.92. The van der Waals surface area contributed by atoms with Gasteiger partial charge in [0.1, 0.15) is 5.69 Å². The molecular formula is C14H16BrN3OS. The minimum atomic E-state index is -0.0653. The Hall–Kier alpha value is -1.24. The number of carbonyl (C=O) groups excluding carboxylic acids is 1. The monoisotopic (exact) mass is 353 g/mol. The fourth-order valence-corrected chi connectivity index (χ4v) is 3.06. The number of aromatic nitrogens is 1. The van der Waals surface area contributed by atoms with Crippen LogP contribution >= 0.6 is 27.3 Å². The Morgan fingerprint density at radius 3 is 3.00 bits per heavy atom. The van der Waals surface area contributed by atoms with E-state index < -0.39 is 0 Å². The van der Waals surface area contributed by atoms with Gasteiger partial charge in [-0.3, -0.25) is 4.79 Å². The highest BCUT2D eigenvalue weighted by atomic mass is 79.9. The molecule has 0 bridgehead atoms. The van der Waals surface area contributed by atoms with Crippen LogP contribution in [0, 0.1) is 0 Å². The molecule has 6 heteroatoms. The minimum absolute atomic E-state index is 0.0653. The molecule has 2 rings (SSSR count). The second kappa shape index (κ2) is 6.97. The van der Waals surface area contributed by atoms with E-state index in [1.54, 1.807) is 17.3 Å². The molecule has 0 saturated heterocycles. The van der Waals surface area contributed by atoms with Crippen molar-refractivity contribution in [2.75, 3.05) is 13.6 Å². The Bertz CT molecular complexity index is 600. The summed E-state index contributed by atoms with van der Waals surface area (Å²) in [6.07, 6.45) is 0.716. The first-order chi connectivity index (χ1) is 9.60. The number of amides is 1. The predicted molar refractivity (Wildman–Crippen MR) is 84.8 cm³/mol. The fourth-order valence-electron chi connectivity index (χ4n) is 1.82. The van der Waals surface area contributed by atoms with Gasteiger partial charge < -0.3 is 10.6 Å². The van der Waals surface area contributed by atoms with Gasteiger partial charge in [0.2, 0.25) is 0 Å². The van der Waals surface area contributed by atoms with Gasteiger partial charge in [0.05, 0.1) is 5.01 Å². The summed E-state index contributed by atoms with van der Waals surface area (Å²) >= 11 is 4.91. The lowest BCUT2D eigenvalue weighted by atomic mass is 10.2. The van der Waals surface area contributed by atoms with Gasteiger partial charge in [0.15, 0.2) is 0 Å². The average molecular weight is 354 g/mol. The lowest BCUT2D eigenvalue weighted by molar-refractivity contribution is 0.0780. The van der Waals surface area contributed by atoms with Crippen LogP contribution in [-0.2, 0) is 13.0 Å². The second-order valence-corrected chi connectivity index (χ2v) is 6.31. The third-order valence-corrected chi connectivity index (χ3v) is 4.19. The van der Waals surface area contributed by atoms with E-state index in [1.165, 1.54) is 11.3 Å². The molecule has 20 heavy (non-hydrogen) atoms. The first-order valence-electron chi connectivity index (χ1n) is 6.24. The molecule has 1 aromatic heterocycles. The largest absolute Gasteiger partial charge is 0.336 e. The summed E-state index contributed by atoms with van der Waals surface area (Å²) in [6, 6.07) is 7.92. The molecule has 1 amide bonds. The highest BCUT2D eigenvalue weighted by Crippen LogP contribution is 2.15. The van der Waals surface area contributed by atoms with Crippen molar-refractivity contribution in [1.29, 1.82) is 0 Å². The number of nitrogens with zero attached hydrogens (tertiary/aromatic N) is 2. The van der Waals surface area contributed by atoms with Crippen molar-refractivity contribution in [3.63, 3.8) is 0 Å². The topological polar surface area (TPSA) is 59.2 Å². The van der Waals surface area contributed by atoms with Crippen molar-refractivity contribution in [2.24, 2.45) is 5.73 Å². The number of halogens is 1. The lowest BCUT2D eigenvalue weighted by Gasteiger charge is -2.16. The third kappa shape index (κ3) is 3.88. The second-order valence-electron chi connectivity index (χ2n) is 4.46. The SMILES string of the molecule is CN(Cc1cccc(Br)c1)C(=O)c1csc(CCN)n1. The molecule has 4 nitrogen and oxygen atoms in total. The number of thiazole rings is 1. The molecular weight excluding hydrogens is 338 g/mol. The van der Waals surface area contributed by atoms with Crippen LogP contribution in [0.25, 0.3) is 0 Å². The van der Waals surface area contributed by atoms with Crippen molar-refractivity contribution in [2.45, 2.75) is 13.0 Å². The van der Waals surface area contributed by atoms with E-state index in [4.69, 9.17) is 5.73 Å². The predicted octanol–water partition coefficient (Wildman–Crippen LogP) is 2.68. The van der Waals surface area contributed by atoms with Crippen molar-refractivity contribution < 1.29 is 4.79 Å². The van der Waals surface area contributed by atoms with E-state index in [9.17, 15) is 4.79 Å². The number of rotatable bonds is 5. The summed E-state index contributed by atoms with van der Waals surface area (Å²) in [5, 5.41) is 2.71. The van der Waals surface area contributed by atoms with Gasteiger partial charge in [-0.1, -0.05) is 28.1 Å². The normalized spacial score (nSPS) is 10.6. The van der Waals surface area contributed by atoms with Crippen LogP contribution in [0.5, 0.6) is 0 Å². The molecule has 2 N–H and O–H groups in total. The van der Waals surface area contributed by atoms with Crippen LogP contribution in [-0.4, -0.2) is 29.4 Å². The van der Waals surface area contributed by atoms with E-state index in [0.29, 0.717) is 25.2 Å². The Morgan fingerprint density at radius 1 is 1.50 bits per heavy atom. The van der Waals surface area contributed by atoms with Gasteiger partial charge in [0, 0.05) is 29.9 Å². The standard InChI is InChI=1S/C14H16BrN3OS/c1-18(8-10-3-2-4-11(15)7-10)14(19)12-9-20-13(17-12)5-6-16/h2-4,7,9H,5-6,8,16H2,1H3. The maximum atomic E-state index is 12.3. The van der Waals surface area contributed by atoms with Crippen LogP contribution in [0.1, 0.15) is 21.1 Å². The molecule has 0 saturated carbocycles. The third-order valence-electron chi connectivity index (χ3n) is 2.78. The molecule has 1 heterocycles. The summed E-state index contributed by atoms with van der Waals surface area (Å²) in [7, 11) is 1.78. The summed E-state index contributed by atoms with van der Waals surface area (Å²) in [4.78, 5) is 18.3. The van der Waals surface area contributed by atoms with Gasteiger partial charge in [-0.05, 0) is 24.2 Å². The zero-order valence-corrected chi connectivity index (χ0v) is 13.6. The summed E-state index contributed by atoms with van der Waals surface area (Å²) in [6.45, 7) is 1.11. The number of hydrogen-bond donors (Lipinski definition) is 1. The smallest absolute Gasteiger partial charge is 0.273 e. The molecule has 0 atom stereocenters. The van der Waals surface area contributed by atoms with E-state index >= 15 is 0 Å². The number of benzene rings is 1. The van der Waals surface area contributed by atoms with E-state index in [-0.39, 0.29) is 5.91 Å². The Kier molecular flexibility index (Phi) is 5.28. The van der Waals surface area contributed by atoms with Crippen LogP contribution < -0.4 is 5.73 Å². The number of carbonyl (C=O) groups is 1. The maximum Gasteiger partial charge on any atom is 0.273 e. The number of hydrogen-bond acceptors (Lipinski definition) is 4. The number of nitrogens with two attached hydrogens (primary N) is 1. The zero-order valence-electron chi connectivity index (χ0n) is 11.2. The van der Waals surface area contributed by atoms with Gasteiger partial charge in [-0.2, -0.15) is 0 Å². The van der Waals surface area contributed by atoms with Crippen molar-refractivity contribution in [1.82, 2.24) is 9.88 Å². The van der Waals surface area contributed by atoms with E-state index in [0.717, 1.165) is 15.0 Å². The van der Waals surface area contributed by atoms with Gasteiger partial charge >= 0.3 is 0 Å². The van der Waals surface area contributed by atoms with Gasteiger partial charge in [-0.15, -0.1) is 11.3 Å². The van der Waals surface area contributed by atoms with Crippen LogP contribution in [0.4, 0.5) is 0 Å². The molecule has 0 unspecified atom stereocenters. The minimum Gasteiger partial charge on any atom is -0.336 e. The molecule has 0 radical (unpaired) electrons. The van der Waals surface area contributed by atoms with E-state index in [1.807, 2.05) is 24.3 Å².